The molecule has 1 heterocycles. The van der Waals surface area contributed by atoms with Crippen LogP contribution in [0.15, 0.2) is 54.6 Å². The van der Waals surface area contributed by atoms with Gasteiger partial charge in [0.15, 0.2) is 0 Å². The predicted octanol–water partition coefficient (Wildman–Crippen LogP) is 4.60. The van der Waals surface area contributed by atoms with Crippen LogP contribution in [0.25, 0.3) is 0 Å². The number of ether oxygens (including phenoxy) is 1. The van der Waals surface area contributed by atoms with Crippen LogP contribution in [0.3, 0.4) is 0 Å². The van der Waals surface area contributed by atoms with E-state index in [1.165, 1.54) is 5.56 Å². The Kier molecular flexibility index (Phi) is 4.74. The third-order valence-corrected chi connectivity index (χ3v) is 4.49. The molecule has 1 atom stereocenters. The van der Waals surface area contributed by atoms with Crippen molar-refractivity contribution in [2.45, 2.75) is 25.9 Å². The standard InChI is InChI=1S/C19H21NOS/c1-2-3-13-20-14-18(15-9-5-4-6-10-15)21-17-12-8-7-11-16(17)19(20)22/h4-12,18H,2-3,13-14H2,1H3. The Hall–Kier alpha value is -1.87. The van der Waals surface area contributed by atoms with Crippen LogP contribution in [0.2, 0.25) is 0 Å². The zero-order valence-corrected chi connectivity index (χ0v) is 13.7. The molecule has 0 spiro atoms. The van der Waals surface area contributed by atoms with Gasteiger partial charge < -0.3 is 9.64 Å². The minimum absolute atomic E-state index is 0.0136. The topological polar surface area (TPSA) is 12.5 Å². The van der Waals surface area contributed by atoms with Gasteiger partial charge in [-0.05, 0) is 24.1 Å². The highest BCUT2D eigenvalue weighted by molar-refractivity contribution is 7.80. The highest BCUT2D eigenvalue weighted by atomic mass is 32.1. The Bertz CT molecular complexity index is 641. The number of nitrogens with zero attached hydrogens (tertiary/aromatic N) is 1. The molecule has 0 bridgehead atoms. The first-order valence-corrected chi connectivity index (χ1v) is 8.30. The third-order valence-electron chi connectivity index (χ3n) is 4.01. The monoisotopic (exact) mass is 311 g/mol. The lowest BCUT2D eigenvalue weighted by Gasteiger charge is -2.26. The van der Waals surface area contributed by atoms with Crippen LogP contribution >= 0.6 is 12.2 Å². The van der Waals surface area contributed by atoms with Crippen molar-refractivity contribution in [1.29, 1.82) is 0 Å². The first kappa shape index (κ1) is 15.0. The highest BCUT2D eigenvalue weighted by Crippen LogP contribution is 2.31. The van der Waals surface area contributed by atoms with Crippen LogP contribution in [-0.4, -0.2) is 23.0 Å². The minimum Gasteiger partial charge on any atom is -0.483 e. The van der Waals surface area contributed by atoms with Gasteiger partial charge in [0.1, 0.15) is 16.8 Å². The summed E-state index contributed by atoms with van der Waals surface area (Å²) in [6.07, 6.45) is 2.32. The molecule has 3 rings (SSSR count). The van der Waals surface area contributed by atoms with Gasteiger partial charge in [0.25, 0.3) is 0 Å². The maximum Gasteiger partial charge on any atom is 0.141 e. The molecule has 3 heteroatoms. The van der Waals surface area contributed by atoms with E-state index in [1.807, 2.05) is 24.3 Å². The van der Waals surface area contributed by atoms with Crippen LogP contribution in [-0.2, 0) is 0 Å². The van der Waals surface area contributed by atoms with Crippen molar-refractivity contribution in [3.63, 3.8) is 0 Å². The van der Waals surface area contributed by atoms with Crippen LogP contribution in [0, 0.1) is 0 Å². The summed E-state index contributed by atoms with van der Waals surface area (Å²) in [5, 5.41) is 0. The molecule has 0 aromatic heterocycles. The van der Waals surface area contributed by atoms with Crippen molar-refractivity contribution in [3.05, 3.63) is 65.7 Å². The second-order valence-corrected chi connectivity index (χ2v) is 6.00. The Morgan fingerprint density at radius 3 is 2.59 bits per heavy atom. The molecule has 2 aromatic rings. The van der Waals surface area contributed by atoms with Crippen molar-refractivity contribution >= 4 is 17.2 Å². The Labute approximate surface area is 137 Å². The molecule has 0 saturated heterocycles. The molecule has 1 aliphatic rings. The number of hydrogen-bond donors (Lipinski definition) is 0. The lowest BCUT2D eigenvalue weighted by Crippen LogP contribution is -2.34. The van der Waals surface area contributed by atoms with Gasteiger partial charge in [-0.25, -0.2) is 0 Å². The molecule has 0 fully saturated rings. The Morgan fingerprint density at radius 2 is 1.82 bits per heavy atom. The molecule has 22 heavy (non-hydrogen) atoms. The summed E-state index contributed by atoms with van der Waals surface area (Å²) in [4.78, 5) is 3.20. The van der Waals surface area contributed by atoms with Crippen molar-refractivity contribution in [2.75, 3.05) is 13.1 Å². The molecule has 0 aliphatic carbocycles. The van der Waals surface area contributed by atoms with Gasteiger partial charge in [0, 0.05) is 6.54 Å². The zero-order chi connectivity index (χ0) is 15.4. The van der Waals surface area contributed by atoms with Crippen LogP contribution in [0.1, 0.15) is 37.0 Å². The summed E-state index contributed by atoms with van der Waals surface area (Å²) in [6.45, 7) is 3.99. The molecule has 2 nitrogen and oxygen atoms in total. The largest absolute Gasteiger partial charge is 0.483 e. The maximum absolute atomic E-state index is 6.29. The fourth-order valence-electron chi connectivity index (χ4n) is 2.77. The van der Waals surface area contributed by atoms with Crippen molar-refractivity contribution in [3.8, 4) is 5.75 Å². The number of para-hydroxylation sites is 1. The van der Waals surface area contributed by atoms with Crippen LogP contribution in [0.5, 0.6) is 5.75 Å². The average Bonchev–Trinajstić information content (AvgIpc) is 2.71. The zero-order valence-electron chi connectivity index (χ0n) is 12.9. The molecule has 1 unspecified atom stereocenters. The predicted molar refractivity (Wildman–Crippen MR) is 94.4 cm³/mol. The van der Waals surface area contributed by atoms with E-state index in [4.69, 9.17) is 17.0 Å². The summed E-state index contributed by atoms with van der Waals surface area (Å²) < 4.78 is 6.29. The number of thiocarbonyl (C=S) groups is 1. The summed E-state index contributed by atoms with van der Waals surface area (Å²) in [6, 6.07) is 18.5. The van der Waals surface area contributed by atoms with E-state index in [1.54, 1.807) is 0 Å². The van der Waals surface area contributed by atoms with Crippen molar-refractivity contribution in [1.82, 2.24) is 4.90 Å². The van der Waals surface area contributed by atoms with E-state index in [-0.39, 0.29) is 6.10 Å². The van der Waals surface area contributed by atoms with E-state index >= 15 is 0 Å². The number of benzene rings is 2. The second kappa shape index (κ2) is 6.93. The van der Waals surface area contributed by atoms with E-state index < -0.39 is 0 Å². The normalized spacial score (nSPS) is 17.6. The van der Waals surface area contributed by atoms with E-state index in [0.717, 1.165) is 42.2 Å². The van der Waals surface area contributed by atoms with Crippen molar-refractivity contribution in [2.24, 2.45) is 0 Å². The Balaban J connectivity index is 1.96. The Morgan fingerprint density at radius 1 is 1.09 bits per heavy atom. The van der Waals surface area contributed by atoms with Gasteiger partial charge in [-0.2, -0.15) is 0 Å². The van der Waals surface area contributed by atoms with Crippen molar-refractivity contribution < 1.29 is 4.74 Å². The van der Waals surface area contributed by atoms with Gasteiger partial charge in [0.05, 0.1) is 12.1 Å². The van der Waals surface area contributed by atoms with Crippen LogP contribution < -0.4 is 4.74 Å². The summed E-state index contributed by atoms with van der Waals surface area (Å²) >= 11 is 5.73. The van der Waals surface area contributed by atoms with Gasteiger partial charge in [-0.1, -0.05) is 68.0 Å². The number of rotatable bonds is 4. The molecular weight excluding hydrogens is 290 g/mol. The highest BCUT2D eigenvalue weighted by Gasteiger charge is 2.26. The lowest BCUT2D eigenvalue weighted by molar-refractivity contribution is 0.176. The summed E-state index contributed by atoms with van der Waals surface area (Å²) in [5.41, 5.74) is 2.23. The minimum atomic E-state index is 0.0136. The molecule has 114 valence electrons. The number of hydrogen-bond acceptors (Lipinski definition) is 2. The molecule has 2 aromatic carbocycles. The quantitative estimate of drug-likeness (QED) is 0.766. The van der Waals surface area contributed by atoms with Crippen LogP contribution in [0.4, 0.5) is 0 Å². The van der Waals surface area contributed by atoms with E-state index in [0.29, 0.717) is 0 Å². The van der Waals surface area contributed by atoms with Gasteiger partial charge in [-0.3, -0.25) is 0 Å². The smallest absolute Gasteiger partial charge is 0.141 e. The summed E-state index contributed by atoms with van der Waals surface area (Å²) in [5.74, 6) is 0.889. The van der Waals surface area contributed by atoms with Gasteiger partial charge in [0.2, 0.25) is 0 Å². The molecule has 0 N–H and O–H groups in total. The average molecular weight is 311 g/mol. The molecule has 0 amide bonds. The van der Waals surface area contributed by atoms with E-state index in [2.05, 4.69) is 42.2 Å². The SMILES string of the molecule is CCCCN1CC(c2ccccc2)Oc2ccccc2C1=S. The van der Waals surface area contributed by atoms with Gasteiger partial charge in [-0.15, -0.1) is 0 Å². The fourth-order valence-corrected chi connectivity index (χ4v) is 3.11. The van der Waals surface area contributed by atoms with Gasteiger partial charge >= 0.3 is 0 Å². The third kappa shape index (κ3) is 3.14. The number of unbranched alkanes of at least 4 members (excludes halogenated alkanes) is 1. The lowest BCUT2D eigenvalue weighted by atomic mass is 10.1. The summed E-state index contributed by atoms with van der Waals surface area (Å²) in [7, 11) is 0. The molecular formula is C19H21NOS. The first-order chi connectivity index (χ1) is 10.8. The second-order valence-electron chi connectivity index (χ2n) is 5.62. The number of fused-ring (bicyclic) bond motifs is 1. The first-order valence-electron chi connectivity index (χ1n) is 7.89. The molecule has 1 aliphatic heterocycles. The van der Waals surface area contributed by atoms with E-state index in [9.17, 15) is 0 Å². The molecule has 0 saturated carbocycles. The maximum atomic E-state index is 6.29. The molecule has 0 radical (unpaired) electrons. The fraction of sp³-hybridized carbons (Fsp3) is 0.316.